The minimum atomic E-state index is -4.37. The topological polar surface area (TPSA) is 62.5 Å². The van der Waals surface area contributed by atoms with Gasteiger partial charge >= 0.3 is 6.18 Å². The van der Waals surface area contributed by atoms with Gasteiger partial charge in [0.15, 0.2) is 5.65 Å². The van der Waals surface area contributed by atoms with Gasteiger partial charge < -0.3 is 10.4 Å². The van der Waals surface area contributed by atoms with Gasteiger partial charge in [-0.15, -0.1) is 0 Å². The van der Waals surface area contributed by atoms with E-state index < -0.39 is 11.7 Å². The maximum Gasteiger partial charge on any atom is 0.416 e. The Morgan fingerprint density at radius 3 is 2.52 bits per heavy atom. The van der Waals surface area contributed by atoms with Crippen molar-refractivity contribution in [2.75, 3.05) is 11.9 Å². The van der Waals surface area contributed by atoms with Gasteiger partial charge in [0.05, 0.1) is 24.4 Å². The van der Waals surface area contributed by atoms with Gasteiger partial charge in [-0.2, -0.15) is 18.3 Å². The van der Waals surface area contributed by atoms with E-state index in [1.807, 2.05) is 6.92 Å². The molecule has 0 spiro atoms. The Labute approximate surface area is 142 Å². The van der Waals surface area contributed by atoms with Gasteiger partial charge in [-0.3, -0.25) is 0 Å². The van der Waals surface area contributed by atoms with E-state index in [0.717, 1.165) is 18.6 Å². The van der Waals surface area contributed by atoms with Crippen LogP contribution in [0.2, 0.25) is 0 Å². The molecule has 0 saturated heterocycles. The second-order valence-corrected chi connectivity index (χ2v) is 5.65. The Hall–Kier alpha value is -2.61. The molecule has 2 N–H and O–H groups in total. The van der Waals surface area contributed by atoms with Crippen LogP contribution in [0.15, 0.2) is 42.7 Å². The summed E-state index contributed by atoms with van der Waals surface area (Å²) in [6.07, 6.45) is -0.358. The first kappa shape index (κ1) is 17.2. The number of rotatable bonds is 5. The summed E-state index contributed by atoms with van der Waals surface area (Å²) in [5.74, 6) is 0.571. The van der Waals surface area contributed by atoms with Crippen molar-refractivity contribution in [2.45, 2.75) is 25.6 Å². The SMILES string of the molecule is CCC(CO)Nc1ccn2ncc(-c3ccc(C(F)(F)F)cc3)c2n1. The predicted octanol–water partition coefficient (Wildman–Crippen LogP) is 3.60. The molecule has 5 nitrogen and oxygen atoms in total. The quantitative estimate of drug-likeness (QED) is 0.738. The van der Waals surface area contributed by atoms with Crippen molar-refractivity contribution in [1.82, 2.24) is 14.6 Å². The van der Waals surface area contributed by atoms with Crippen molar-refractivity contribution < 1.29 is 18.3 Å². The Bertz CT molecular complexity index is 854. The normalized spacial score (nSPS) is 13.2. The number of hydrogen-bond donors (Lipinski definition) is 2. The molecule has 0 fully saturated rings. The van der Waals surface area contributed by atoms with Crippen molar-refractivity contribution in [3.8, 4) is 11.1 Å². The van der Waals surface area contributed by atoms with E-state index in [1.54, 1.807) is 23.0 Å². The zero-order valence-electron chi connectivity index (χ0n) is 13.5. The molecule has 0 aliphatic rings. The molecule has 2 heterocycles. The molecule has 25 heavy (non-hydrogen) atoms. The number of alkyl halides is 3. The zero-order chi connectivity index (χ0) is 18.0. The second-order valence-electron chi connectivity index (χ2n) is 5.65. The lowest BCUT2D eigenvalue weighted by Crippen LogP contribution is -2.23. The van der Waals surface area contributed by atoms with E-state index in [2.05, 4.69) is 15.4 Å². The van der Waals surface area contributed by atoms with Gasteiger partial charge in [0.25, 0.3) is 0 Å². The minimum Gasteiger partial charge on any atom is -0.394 e. The van der Waals surface area contributed by atoms with Gasteiger partial charge in [0, 0.05) is 11.8 Å². The Kier molecular flexibility index (Phi) is 4.63. The highest BCUT2D eigenvalue weighted by Crippen LogP contribution is 2.31. The van der Waals surface area contributed by atoms with Crippen LogP contribution in [0.4, 0.5) is 19.0 Å². The largest absolute Gasteiger partial charge is 0.416 e. The monoisotopic (exact) mass is 350 g/mol. The molecule has 0 bridgehead atoms. The molecule has 132 valence electrons. The standard InChI is InChI=1S/C17H17F3N4O/c1-2-13(10-25)22-15-7-8-24-16(23-15)14(9-21-24)11-3-5-12(6-4-11)17(18,19)20/h3-9,13,25H,2,10H2,1H3,(H,22,23). The number of halogens is 3. The van der Waals surface area contributed by atoms with E-state index >= 15 is 0 Å². The molecular formula is C17H17F3N4O. The van der Waals surface area contributed by atoms with Crippen molar-refractivity contribution >= 4 is 11.5 Å². The number of aliphatic hydroxyl groups is 1. The van der Waals surface area contributed by atoms with E-state index in [4.69, 9.17) is 0 Å². The summed E-state index contributed by atoms with van der Waals surface area (Å²) in [6.45, 7) is 1.92. The first-order valence-corrected chi connectivity index (χ1v) is 7.81. The first-order valence-electron chi connectivity index (χ1n) is 7.81. The van der Waals surface area contributed by atoms with Crippen molar-refractivity contribution in [2.24, 2.45) is 0 Å². The highest BCUT2D eigenvalue weighted by Gasteiger charge is 2.30. The van der Waals surface area contributed by atoms with Gasteiger partial charge in [-0.1, -0.05) is 19.1 Å². The maximum absolute atomic E-state index is 12.7. The van der Waals surface area contributed by atoms with Crippen LogP contribution < -0.4 is 5.32 Å². The van der Waals surface area contributed by atoms with E-state index in [0.29, 0.717) is 22.6 Å². The molecule has 0 amide bonds. The molecule has 0 radical (unpaired) electrons. The molecular weight excluding hydrogens is 333 g/mol. The summed E-state index contributed by atoms with van der Waals surface area (Å²) in [4.78, 5) is 4.47. The molecule has 0 aliphatic carbocycles. The lowest BCUT2D eigenvalue weighted by molar-refractivity contribution is -0.137. The summed E-state index contributed by atoms with van der Waals surface area (Å²) in [6, 6.07) is 6.51. The number of aliphatic hydroxyl groups excluding tert-OH is 1. The molecule has 0 saturated carbocycles. The van der Waals surface area contributed by atoms with Gasteiger partial charge in [-0.25, -0.2) is 9.50 Å². The molecule has 8 heteroatoms. The molecule has 0 aliphatic heterocycles. The highest BCUT2D eigenvalue weighted by atomic mass is 19.4. The summed E-state index contributed by atoms with van der Waals surface area (Å²) in [5.41, 5.74) is 1.06. The summed E-state index contributed by atoms with van der Waals surface area (Å²) in [5, 5.41) is 16.6. The third-order valence-electron chi connectivity index (χ3n) is 3.96. The number of nitrogens with zero attached hydrogens (tertiary/aromatic N) is 3. The molecule has 1 aromatic carbocycles. The summed E-state index contributed by atoms with van der Waals surface area (Å²) in [7, 11) is 0. The van der Waals surface area contributed by atoms with Crippen molar-refractivity contribution in [3.05, 3.63) is 48.3 Å². The third kappa shape index (κ3) is 3.58. The van der Waals surface area contributed by atoms with Crippen LogP contribution in [-0.2, 0) is 6.18 Å². The van der Waals surface area contributed by atoms with E-state index in [1.165, 1.54) is 12.1 Å². The fourth-order valence-electron chi connectivity index (χ4n) is 2.48. The number of benzene rings is 1. The van der Waals surface area contributed by atoms with E-state index in [9.17, 15) is 18.3 Å². The summed E-state index contributed by atoms with van der Waals surface area (Å²) < 4.78 is 39.7. The molecule has 1 atom stereocenters. The zero-order valence-corrected chi connectivity index (χ0v) is 13.5. The smallest absolute Gasteiger partial charge is 0.394 e. The van der Waals surface area contributed by atoms with Gasteiger partial charge in [-0.05, 0) is 30.2 Å². The highest BCUT2D eigenvalue weighted by molar-refractivity contribution is 5.77. The van der Waals surface area contributed by atoms with Crippen molar-refractivity contribution in [3.63, 3.8) is 0 Å². The number of fused-ring (bicyclic) bond motifs is 1. The maximum atomic E-state index is 12.7. The average molecular weight is 350 g/mol. The number of hydrogen-bond acceptors (Lipinski definition) is 4. The Morgan fingerprint density at radius 2 is 1.92 bits per heavy atom. The fraction of sp³-hybridized carbons (Fsp3) is 0.294. The summed E-state index contributed by atoms with van der Waals surface area (Å²) >= 11 is 0. The Balaban J connectivity index is 1.96. The number of nitrogens with one attached hydrogen (secondary N) is 1. The van der Waals surface area contributed by atoms with Crippen LogP contribution in [0.5, 0.6) is 0 Å². The van der Waals surface area contributed by atoms with Crippen LogP contribution in [0.3, 0.4) is 0 Å². The van der Waals surface area contributed by atoms with Crippen LogP contribution >= 0.6 is 0 Å². The number of aromatic nitrogens is 3. The minimum absolute atomic E-state index is 0.0195. The van der Waals surface area contributed by atoms with Crippen LogP contribution in [0.25, 0.3) is 16.8 Å². The van der Waals surface area contributed by atoms with Gasteiger partial charge in [0.2, 0.25) is 0 Å². The molecule has 2 aromatic heterocycles. The van der Waals surface area contributed by atoms with Crippen LogP contribution in [0.1, 0.15) is 18.9 Å². The van der Waals surface area contributed by atoms with Crippen LogP contribution in [-0.4, -0.2) is 32.4 Å². The third-order valence-corrected chi connectivity index (χ3v) is 3.96. The molecule has 3 rings (SSSR count). The number of anilines is 1. The predicted molar refractivity (Wildman–Crippen MR) is 88.2 cm³/mol. The first-order chi connectivity index (χ1) is 11.9. The molecule has 3 aromatic rings. The molecule has 1 unspecified atom stereocenters. The van der Waals surface area contributed by atoms with E-state index in [-0.39, 0.29) is 12.6 Å². The van der Waals surface area contributed by atoms with Crippen LogP contribution in [0, 0.1) is 0 Å². The van der Waals surface area contributed by atoms with Gasteiger partial charge in [0.1, 0.15) is 5.82 Å². The Morgan fingerprint density at radius 1 is 1.20 bits per heavy atom. The van der Waals surface area contributed by atoms with Crippen molar-refractivity contribution in [1.29, 1.82) is 0 Å². The average Bonchev–Trinajstić information content (AvgIpc) is 3.02. The fourth-order valence-corrected chi connectivity index (χ4v) is 2.48. The lowest BCUT2D eigenvalue weighted by Gasteiger charge is -2.14. The lowest BCUT2D eigenvalue weighted by atomic mass is 10.1. The second kappa shape index (κ2) is 6.72.